The summed E-state index contributed by atoms with van der Waals surface area (Å²) in [4.78, 5) is 21.9. The fraction of sp³-hybridized carbons (Fsp3) is 0.364. The molecule has 0 spiro atoms. The molecule has 0 saturated carbocycles. The molecule has 1 amide bonds. The molecule has 1 aromatic carbocycles. The predicted octanol–water partition coefficient (Wildman–Crippen LogP) is 0.651. The fourth-order valence-electron chi connectivity index (χ4n) is 1.68. The van der Waals surface area contributed by atoms with E-state index in [1.165, 1.54) is 24.3 Å². The predicted molar refractivity (Wildman–Crippen MR) is 64.1 cm³/mol. The first-order chi connectivity index (χ1) is 8.51. The van der Waals surface area contributed by atoms with Gasteiger partial charge in [0.1, 0.15) is 5.54 Å². The summed E-state index contributed by atoms with van der Waals surface area (Å²) in [5.41, 5.74) is 5.32. The smallest absolute Gasteiger partial charge is 0.269 e. The second kappa shape index (κ2) is 4.71. The van der Waals surface area contributed by atoms with E-state index in [1.54, 1.807) is 0 Å². The standard InChI is InChI=1S/C11H13N3O4/c12-11(5-6-18-7-11)10(15)13-8-1-3-9(4-2-8)14(16)17/h1-4H,5-7,12H2,(H,13,15). The lowest BCUT2D eigenvalue weighted by molar-refractivity contribution is -0.384. The zero-order chi connectivity index (χ0) is 13.2. The summed E-state index contributed by atoms with van der Waals surface area (Å²) in [6.07, 6.45) is 0.464. The van der Waals surface area contributed by atoms with Crippen LogP contribution in [-0.2, 0) is 9.53 Å². The second-order valence-corrected chi connectivity index (χ2v) is 4.22. The van der Waals surface area contributed by atoms with Gasteiger partial charge in [-0.3, -0.25) is 14.9 Å². The Balaban J connectivity index is 2.05. The minimum Gasteiger partial charge on any atom is -0.379 e. The lowest BCUT2D eigenvalue weighted by atomic mass is 9.99. The van der Waals surface area contributed by atoms with E-state index in [1.807, 2.05) is 0 Å². The van der Waals surface area contributed by atoms with Crippen LogP contribution in [0.3, 0.4) is 0 Å². The number of hydrogen-bond donors (Lipinski definition) is 2. The molecule has 96 valence electrons. The Morgan fingerprint density at radius 3 is 2.61 bits per heavy atom. The first-order valence-corrected chi connectivity index (χ1v) is 5.44. The van der Waals surface area contributed by atoms with Crippen molar-refractivity contribution in [1.29, 1.82) is 0 Å². The Labute approximate surface area is 103 Å². The molecule has 1 unspecified atom stereocenters. The van der Waals surface area contributed by atoms with E-state index in [-0.39, 0.29) is 18.2 Å². The number of non-ortho nitro benzene ring substituents is 1. The maximum absolute atomic E-state index is 11.9. The van der Waals surface area contributed by atoms with Crippen molar-refractivity contribution in [1.82, 2.24) is 0 Å². The molecule has 1 aliphatic rings. The monoisotopic (exact) mass is 251 g/mol. The maximum Gasteiger partial charge on any atom is 0.269 e. The minimum absolute atomic E-state index is 0.0281. The molecule has 7 heteroatoms. The quantitative estimate of drug-likeness (QED) is 0.605. The third-order valence-corrected chi connectivity index (χ3v) is 2.84. The van der Waals surface area contributed by atoms with Gasteiger partial charge in [0.2, 0.25) is 5.91 Å². The maximum atomic E-state index is 11.9. The summed E-state index contributed by atoms with van der Waals surface area (Å²) < 4.78 is 5.09. The Morgan fingerprint density at radius 1 is 1.44 bits per heavy atom. The van der Waals surface area contributed by atoms with Gasteiger partial charge >= 0.3 is 0 Å². The van der Waals surface area contributed by atoms with Crippen LogP contribution in [0.4, 0.5) is 11.4 Å². The Kier molecular flexibility index (Phi) is 3.26. The zero-order valence-electron chi connectivity index (χ0n) is 9.59. The second-order valence-electron chi connectivity index (χ2n) is 4.22. The van der Waals surface area contributed by atoms with Crippen molar-refractivity contribution >= 4 is 17.3 Å². The lowest BCUT2D eigenvalue weighted by Crippen LogP contribution is -2.51. The van der Waals surface area contributed by atoms with Crippen LogP contribution < -0.4 is 11.1 Å². The van der Waals surface area contributed by atoms with E-state index in [0.717, 1.165) is 0 Å². The van der Waals surface area contributed by atoms with Gasteiger partial charge in [-0.2, -0.15) is 0 Å². The number of carbonyl (C=O) groups excluding carboxylic acids is 1. The normalized spacial score (nSPS) is 22.7. The van der Waals surface area contributed by atoms with Gasteiger partial charge in [-0.15, -0.1) is 0 Å². The Morgan fingerprint density at radius 2 is 2.11 bits per heavy atom. The third kappa shape index (κ3) is 2.47. The van der Waals surface area contributed by atoms with Crippen LogP contribution in [0.25, 0.3) is 0 Å². The van der Waals surface area contributed by atoms with Crippen molar-refractivity contribution in [3.8, 4) is 0 Å². The molecule has 3 N–H and O–H groups in total. The van der Waals surface area contributed by atoms with Crippen molar-refractivity contribution in [2.24, 2.45) is 5.73 Å². The topological polar surface area (TPSA) is 107 Å². The molecule has 1 saturated heterocycles. The Hall–Kier alpha value is -1.99. The van der Waals surface area contributed by atoms with Gasteiger partial charge in [-0.05, 0) is 18.6 Å². The number of nitrogens with two attached hydrogens (primary N) is 1. The summed E-state index contributed by atoms with van der Waals surface area (Å²) in [5.74, 6) is -0.339. The van der Waals surface area contributed by atoms with Crippen molar-refractivity contribution < 1.29 is 14.5 Å². The molecule has 1 atom stereocenters. The van der Waals surface area contributed by atoms with Crippen LogP contribution in [0, 0.1) is 10.1 Å². The van der Waals surface area contributed by atoms with Gasteiger partial charge in [0.05, 0.1) is 11.5 Å². The van der Waals surface area contributed by atoms with E-state index in [9.17, 15) is 14.9 Å². The molecule has 0 bridgehead atoms. The number of benzene rings is 1. The van der Waals surface area contributed by atoms with Gasteiger partial charge < -0.3 is 15.8 Å². The summed E-state index contributed by atoms with van der Waals surface area (Å²) in [7, 11) is 0. The highest BCUT2D eigenvalue weighted by atomic mass is 16.6. The number of nitro benzene ring substituents is 1. The molecule has 2 rings (SSSR count). The van der Waals surface area contributed by atoms with Crippen molar-refractivity contribution in [2.75, 3.05) is 18.5 Å². The molecule has 1 fully saturated rings. The van der Waals surface area contributed by atoms with E-state index in [4.69, 9.17) is 10.5 Å². The van der Waals surface area contributed by atoms with Gasteiger partial charge in [0, 0.05) is 24.4 Å². The molecule has 1 aromatic rings. The fourth-order valence-corrected chi connectivity index (χ4v) is 1.68. The molecule has 0 radical (unpaired) electrons. The highest BCUT2D eigenvalue weighted by Gasteiger charge is 2.38. The van der Waals surface area contributed by atoms with Crippen molar-refractivity contribution in [3.63, 3.8) is 0 Å². The van der Waals surface area contributed by atoms with Crippen LogP contribution in [0.5, 0.6) is 0 Å². The molecule has 18 heavy (non-hydrogen) atoms. The molecule has 1 aliphatic heterocycles. The Bertz CT molecular complexity index is 466. The first kappa shape index (κ1) is 12.5. The van der Waals surface area contributed by atoms with Crippen LogP contribution in [0.15, 0.2) is 24.3 Å². The summed E-state index contributed by atoms with van der Waals surface area (Å²) >= 11 is 0. The summed E-state index contributed by atoms with van der Waals surface area (Å²) in [6.45, 7) is 0.649. The first-order valence-electron chi connectivity index (χ1n) is 5.44. The molecule has 0 aliphatic carbocycles. The molecule has 7 nitrogen and oxygen atoms in total. The zero-order valence-corrected chi connectivity index (χ0v) is 9.59. The molecular weight excluding hydrogens is 238 g/mol. The van der Waals surface area contributed by atoms with Crippen molar-refractivity contribution in [2.45, 2.75) is 12.0 Å². The summed E-state index contributed by atoms with van der Waals surface area (Å²) in [5, 5.41) is 13.1. The lowest BCUT2D eigenvalue weighted by Gasteiger charge is -2.20. The van der Waals surface area contributed by atoms with E-state index >= 15 is 0 Å². The number of nitro groups is 1. The number of hydrogen-bond acceptors (Lipinski definition) is 5. The molecule has 1 heterocycles. The number of amides is 1. The van der Waals surface area contributed by atoms with Crippen LogP contribution in [-0.4, -0.2) is 29.6 Å². The number of rotatable bonds is 3. The van der Waals surface area contributed by atoms with Crippen molar-refractivity contribution in [3.05, 3.63) is 34.4 Å². The van der Waals surface area contributed by atoms with Gasteiger partial charge in [-0.25, -0.2) is 0 Å². The van der Waals surface area contributed by atoms with E-state index in [0.29, 0.717) is 18.7 Å². The van der Waals surface area contributed by atoms with E-state index < -0.39 is 10.5 Å². The third-order valence-electron chi connectivity index (χ3n) is 2.84. The number of ether oxygens (including phenoxy) is 1. The molecule has 0 aromatic heterocycles. The van der Waals surface area contributed by atoms with Gasteiger partial charge in [-0.1, -0.05) is 0 Å². The largest absolute Gasteiger partial charge is 0.379 e. The van der Waals surface area contributed by atoms with Gasteiger partial charge in [0.25, 0.3) is 5.69 Å². The highest BCUT2D eigenvalue weighted by molar-refractivity contribution is 5.98. The van der Waals surface area contributed by atoms with E-state index in [2.05, 4.69) is 5.32 Å². The van der Waals surface area contributed by atoms with Crippen LogP contribution in [0.2, 0.25) is 0 Å². The molecular formula is C11H13N3O4. The SMILES string of the molecule is NC1(C(=O)Nc2ccc([N+](=O)[O-])cc2)CCOC1. The minimum atomic E-state index is -1.01. The number of carbonyl (C=O) groups is 1. The average Bonchev–Trinajstić information content (AvgIpc) is 2.78. The number of nitrogens with zero attached hydrogens (tertiary/aromatic N) is 1. The number of nitrogens with one attached hydrogen (secondary N) is 1. The number of anilines is 1. The van der Waals surface area contributed by atoms with Crippen LogP contribution >= 0.6 is 0 Å². The van der Waals surface area contributed by atoms with Crippen LogP contribution in [0.1, 0.15) is 6.42 Å². The highest BCUT2D eigenvalue weighted by Crippen LogP contribution is 2.20. The average molecular weight is 251 g/mol. The summed E-state index contributed by atoms with van der Waals surface area (Å²) in [6, 6.07) is 5.58. The van der Waals surface area contributed by atoms with Gasteiger partial charge in [0.15, 0.2) is 0 Å².